The number of benzene rings is 2. The number of nitrogens with zero attached hydrogens (tertiary/aromatic N) is 5. The van der Waals surface area contributed by atoms with Crippen LogP contribution in [0.25, 0.3) is 5.69 Å². The Kier molecular flexibility index (Phi) is 5.69. The number of halogens is 1. The number of aromatic nitrogens is 3. The van der Waals surface area contributed by atoms with Gasteiger partial charge in [0.05, 0.1) is 12.1 Å². The molecule has 0 aliphatic carbocycles. The predicted molar refractivity (Wildman–Crippen MR) is 108 cm³/mol. The fourth-order valence-corrected chi connectivity index (χ4v) is 3.66. The SMILES string of the molecule is O=C(Cc1ccccc1)N1CCN(Cc2ccc(Cl)cc2-n2cncn2)CC1. The van der Waals surface area contributed by atoms with Gasteiger partial charge < -0.3 is 4.90 Å². The van der Waals surface area contributed by atoms with E-state index in [1.54, 1.807) is 11.0 Å². The van der Waals surface area contributed by atoms with Gasteiger partial charge in [-0.25, -0.2) is 9.67 Å². The maximum absolute atomic E-state index is 12.6. The maximum Gasteiger partial charge on any atom is 0.227 e. The molecule has 1 aliphatic rings. The summed E-state index contributed by atoms with van der Waals surface area (Å²) < 4.78 is 1.74. The molecule has 0 radical (unpaired) electrons. The van der Waals surface area contributed by atoms with Gasteiger partial charge in [0.25, 0.3) is 0 Å². The molecular formula is C21H22ClN5O. The summed E-state index contributed by atoms with van der Waals surface area (Å²) in [5.41, 5.74) is 3.14. The molecule has 1 amide bonds. The Hall–Kier alpha value is -2.70. The van der Waals surface area contributed by atoms with Crippen LogP contribution in [-0.2, 0) is 17.8 Å². The van der Waals surface area contributed by atoms with E-state index in [-0.39, 0.29) is 5.91 Å². The first-order valence-corrected chi connectivity index (χ1v) is 9.74. The zero-order chi connectivity index (χ0) is 19.3. The Bertz CT molecular complexity index is 921. The Balaban J connectivity index is 1.37. The van der Waals surface area contributed by atoms with E-state index in [0.29, 0.717) is 11.4 Å². The summed E-state index contributed by atoms with van der Waals surface area (Å²) >= 11 is 6.18. The van der Waals surface area contributed by atoms with Crippen LogP contribution in [0.15, 0.2) is 61.2 Å². The second kappa shape index (κ2) is 8.54. The minimum Gasteiger partial charge on any atom is -0.340 e. The van der Waals surface area contributed by atoms with Gasteiger partial charge in [-0.05, 0) is 23.3 Å². The van der Waals surface area contributed by atoms with E-state index in [1.165, 1.54) is 6.33 Å². The number of rotatable bonds is 5. The van der Waals surface area contributed by atoms with E-state index in [1.807, 2.05) is 53.4 Å². The van der Waals surface area contributed by atoms with Crippen molar-refractivity contribution in [3.63, 3.8) is 0 Å². The fourth-order valence-electron chi connectivity index (χ4n) is 3.50. The lowest BCUT2D eigenvalue weighted by Crippen LogP contribution is -2.48. The number of hydrogen-bond acceptors (Lipinski definition) is 4. The minimum absolute atomic E-state index is 0.195. The molecule has 4 rings (SSSR count). The molecule has 28 heavy (non-hydrogen) atoms. The van der Waals surface area contributed by atoms with Crippen molar-refractivity contribution in [3.05, 3.63) is 77.3 Å². The second-order valence-corrected chi connectivity index (χ2v) is 7.37. The predicted octanol–water partition coefficient (Wildman–Crippen LogP) is 2.81. The van der Waals surface area contributed by atoms with Crippen molar-refractivity contribution >= 4 is 17.5 Å². The van der Waals surface area contributed by atoms with E-state index >= 15 is 0 Å². The molecule has 0 N–H and O–H groups in total. The standard InChI is InChI=1S/C21H22ClN5O/c22-19-7-6-18(20(13-19)27-16-23-15-24-27)14-25-8-10-26(11-9-25)21(28)12-17-4-2-1-3-5-17/h1-7,13,15-16H,8-12,14H2. The van der Waals surface area contributed by atoms with Crippen LogP contribution in [0.1, 0.15) is 11.1 Å². The zero-order valence-electron chi connectivity index (χ0n) is 15.5. The smallest absolute Gasteiger partial charge is 0.227 e. The number of amides is 1. The zero-order valence-corrected chi connectivity index (χ0v) is 16.3. The summed E-state index contributed by atoms with van der Waals surface area (Å²) in [5.74, 6) is 0.195. The van der Waals surface area contributed by atoms with Crippen LogP contribution in [-0.4, -0.2) is 56.7 Å². The van der Waals surface area contributed by atoms with Crippen LogP contribution in [0.3, 0.4) is 0 Å². The third kappa shape index (κ3) is 4.40. The molecule has 7 heteroatoms. The van der Waals surface area contributed by atoms with Crippen LogP contribution in [0, 0.1) is 0 Å². The van der Waals surface area contributed by atoms with Crippen LogP contribution in [0.5, 0.6) is 0 Å². The Morgan fingerprint density at radius 2 is 1.82 bits per heavy atom. The molecule has 1 saturated heterocycles. The molecule has 1 fully saturated rings. The number of hydrogen-bond donors (Lipinski definition) is 0. The molecule has 0 atom stereocenters. The number of piperazine rings is 1. The maximum atomic E-state index is 12.6. The van der Waals surface area contributed by atoms with Crippen molar-refractivity contribution in [2.75, 3.05) is 26.2 Å². The molecule has 2 heterocycles. The molecule has 0 unspecified atom stereocenters. The average Bonchev–Trinajstić information content (AvgIpc) is 3.25. The quantitative estimate of drug-likeness (QED) is 0.666. The van der Waals surface area contributed by atoms with Crippen LogP contribution < -0.4 is 0 Å². The Labute approximate surface area is 169 Å². The summed E-state index contributed by atoms with van der Waals surface area (Å²) in [5, 5.41) is 4.90. The molecule has 0 bridgehead atoms. The summed E-state index contributed by atoms with van der Waals surface area (Å²) in [4.78, 5) is 20.9. The summed E-state index contributed by atoms with van der Waals surface area (Å²) in [6.45, 7) is 3.98. The fraction of sp³-hybridized carbons (Fsp3) is 0.286. The molecule has 1 aliphatic heterocycles. The van der Waals surface area contributed by atoms with Crippen molar-refractivity contribution in [2.24, 2.45) is 0 Å². The highest BCUT2D eigenvalue weighted by Gasteiger charge is 2.22. The largest absolute Gasteiger partial charge is 0.340 e. The molecular weight excluding hydrogens is 374 g/mol. The van der Waals surface area contributed by atoms with Crippen molar-refractivity contribution in [3.8, 4) is 5.69 Å². The first kappa shape index (κ1) is 18.7. The van der Waals surface area contributed by atoms with Gasteiger partial charge in [-0.3, -0.25) is 9.69 Å². The molecule has 3 aromatic rings. The lowest BCUT2D eigenvalue weighted by Gasteiger charge is -2.35. The minimum atomic E-state index is 0.195. The molecule has 2 aromatic carbocycles. The van der Waals surface area contributed by atoms with Gasteiger partial charge in [0, 0.05) is 37.7 Å². The van der Waals surface area contributed by atoms with Crippen LogP contribution in [0.4, 0.5) is 0 Å². The Morgan fingerprint density at radius 3 is 2.54 bits per heavy atom. The summed E-state index contributed by atoms with van der Waals surface area (Å²) in [6, 6.07) is 15.8. The molecule has 6 nitrogen and oxygen atoms in total. The number of carbonyl (C=O) groups is 1. The van der Waals surface area contributed by atoms with Gasteiger partial charge in [-0.2, -0.15) is 5.10 Å². The first-order chi connectivity index (χ1) is 13.7. The highest BCUT2D eigenvalue weighted by atomic mass is 35.5. The molecule has 0 saturated carbocycles. The van der Waals surface area contributed by atoms with Gasteiger partial charge in [-0.15, -0.1) is 0 Å². The lowest BCUT2D eigenvalue weighted by atomic mass is 10.1. The highest BCUT2D eigenvalue weighted by Crippen LogP contribution is 2.21. The van der Waals surface area contributed by atoms with Gasteiger partial charge in [0.1, 0.15) is 12.7 Å². The number of carbonyl (C=O) groups excluding carboxylic acids is 1. The summed E-state index contributed by atoms with van der Waals surface area (Å²) in [7, 11) is 0. The third-order valence-electron chi connectivity index (χ3n) is 5.03. The normalized spacial score (nSPS) is 15.0. The van der Waals surface area contributed by atoms with Gasteiger partial charge in [-0.1, -0.05) is 48.0 Å². The second-order valence-electron chi connectivity index (χ2n) is 6.93. The molecule has 1 aromatic heterocycles. The van der Waals surface area contributed by atoms with E-state index in [2.05, 4.69) is 15.0 Å². The third-order valence-corrected chi connectivity index (χ3v) is 5.27. The van der Waals surface area contributed by atoms with Crippen LogP contribution in [0.2, 0.25) is 5.02 Å². The topological polar surface area (TPSA) is 54.3 Å². The van der Waals surface area contributed by atoms with Crippen molar-refractivity contribution in [1.29, 1.82) is 0 Å². The van der Waals surface area contributed by atoms with Gasteiger partial charge in [0.15, 0.2) is 0 Å². The summed E-state index contributed by atoms with van der Waals surface area (Å²) in [6.07, 6.45) is 3.66. The van der Waals surface area contributed by atoms with E-state index in [9.17, 15) is 4.79 Å². The van der Waals surface area contributed by atoms with Gasteiger partial charge >= 0.3 is 0 Å². The monoisotopic (exact) mass is 395 g/mol. The van der Waals surface area contributed by atoms with Crippen molar-refractivity contribution in [1.82, 2.24) is 24.6 Å². The molecule has 144 valence electrons. The van der Waals surface area contributed by atoms with Crippen molar-refractivity contribution in [2.45, 2.75) is 13.0 Å². The lowest BCUT2D eigenvalue weighted by molar-refractivity contribution is -0.132. The molecule has 0 spiro atoms. The first-order valence-electron chi connectivity index (χ1n) is 9.36. The van der Waals surface area contributed by atoms with Crippen LogP contribution >= 0.6 is 11.6 Å². The average molecular weight is 396 g/mol. The van der Waals surface area contributed by atoms with E-state index < -0.39 is 0 Å². The Morgan fingerprint density at radius 1 is 1.04 bits per heavy atom. The van der Waals surface area contributed by atoms with E-state index in [0.717, 1.165) is 49.5 Å². The highest BCUT2D eigenvalue weighted by molar-refractivity contribution is 6.30. The van der Waals surface area contributed by atoms with E-state index in [4.69, 9.17) is 11.6 Å². The van der Waals surface area contributed by atoms with Crippen molar-refractivity contribution < 1.29 is 4.79 Å². The van der Waals surface area contributed by atoms with Gasteiger partial charge in [0.2, 0.25) is 5.91 Å².